The van der Waals surface area contributed by atoms with Crippen LogP contribution < -0.4 is 25.0 Å². The third kappa shape index (κ3) is 5.77. The van der Waals surface area contributed by atoms with Gasteiger partial charge in [0.05, 0.1) is 24.0 Å². The van der Waals surface area contributed by atoms with Crippen molar-refractivity contribution in [3.05, 3.63) is 65.0 Å². The van der Waals surface area contributed by atoms with Gasteiger partial charge < -0.3 is 25.0 Å². The summed E-state index contributed by atoms with van der Waals surface area (Å²) in [6.45, 7) is 1.39. The third-order valence-corrected chi connectivity index (χ3v) is 5.90. The van der Waals surface area contributed by atoms with E-state index in [0.29, 0.717) is 51.9 Å². The summed E-state index contributed by atoms with van der Waals surface area (Å²) in [5.41, 5.74) is 0.651. The van der Waals surface area contributed by atoms with E-state index >= 15 is 0 Å². The molecule has 1 aliphatic heterocycles. The minimum absolute atomic E-state index is 0.0534. The first kappa shape index (κ1) is 22.9. The molecule has 0 spiro atoms. The predicted molar refractivity (Wildman–Crippen MR) is 129 cm³/mol. The summed E-state index contributed by atoms with van der Waals surface area (Å²) in [6, 6.07) is 10.2. The summed E-state index contributed by atoms with van der Waals surface area (Å²) in [4.78, 5) is 22.8. The zero-order valence-corrected chi connectivity index (χ0v) is 19.4. The molecule has 3 aromatic rings. The molecule has 1 fully saturated rings. The van der Waals surface area contributed by atoms with E-state index in [1.54, 1.807) is 62.1 Å². The fourth-order valence-corrected chi connectivity index (χ4v) is 4.03. The van der Waals surface area contributed by atoms with Crippen LogP contribution in [0.5, 0.6) is 17.2 Å². The van der Waals surface area contributed by atoms with E-state index in [1.807, 2.05) is 0 Å². The van der Waals surface area contributed by atoms with Gasteiger partial charge in [-0.15, -0.1) is 0 Å². The number of halogens is 2. The molecular weight excluding hydrogens is 465 g/mol. The number of anilines is 2. The molecule has 0 unspecified atom stereocenters. The Morgan fingerprint density at radius 1 is 1.12 bits per heavy atom. The fraction of sp³-hybridized carbons (Fsp3) is 0.261. The van der Waals surface area contributed by atoms with Gasteiger partial charge >= 0.3 is 6.03 Å². The lowest BCUT2D eigenvalue weighted by molar-refractivity contribution is 0.246. The molecule has 0 radical (unpaired) electrons. The topological polar surface area (TPSA) is 88.6 Å². The summed E-state index contributed by atoms with van der Waals surface area (Å²) in [7, 11) is 1.55. The second-order valence-corrected chi connectivity index (χ2v) is 8.23. The van der Waals surface area contributed by atoms with Gasteiger partial charge in [-0.05, 0) is 37.1 Å². The number of methoxy groups -OCH3 is 1. The van der Waals surface area contributed by atoms with Crippen LogP contribution in [0, 0.1) is 0 Å². The number of carbonyl (C=O) groups is 1. The van der Waals surface area contributed by atoms with Crippen LogP contribution in [0.4, 0.5) is 16.3 Å². The van der Waals surface area contributed by atoms with Crippen LogP contribution >= 0.6 is 23.2 Å². The molecule has 0 atom stereocenters. The number of rotatable bonds is 6. The molecular formula is C23H23Cl2N5O3. The highest BCUT2D eigenvalue weighted by Gasteiger charge is 2.24. The van der Waals surface area contributed by atoms with Crippen LogP contribution in [0.1, 0.15) is 12.8 Å². The number of urea groups is 1. The number of pyridine rings is 2. The lowest BCUT2D eigenvalue weighted by Crippen LogP contribution is -2.46. The van der Waals surface area contributed by atoms with Crippen LogP contribution in [0.25, 0.3) is 0 Å². The van der Waals surface area contributed by atoms with E-state index in [-0.39, 0.29) is 12.1 Å². The van der Waals surface area contributed by atoms with Crippen molar-refractivity contribution in [1.82, 2.24) is 15.3 Å². The first-order valence-electron chi connectivity index (χ1n) is 10.4. The van der Waals surface area contributed by atoms with E-state index in [0.717, 1.165) is 12.8 Å². The van der Waals surface area contributed by atoms with Gasteiger partial charge in [-0.1, -0.05) is 23.2 Å². The second-order valence-electron chi connectivity index (χ2n) is 7.45. The number of nitrogens with one attached hydrogen (secondary N) is 2. The van der Waals surface area contributed by atoms with Crippen molar-refractivity contribution in [3.63, 3.8) is 0 Å². The lowest BCUT2D eigenvalue weighted by Gasteiger charge is -2.33. The number of piperidine rings is 1. The Hall–Kier alpha value is -3.23. The standard InChI is InChI=1S/C23H23Cl2N5O3/c1-32-20-13-17(4-5-18(20)24)33-19-6-10-27-22(21(19)25)30-11-7-15(8-12-30)28-23(31)29-16-3-2-9-26-14-16/h2-6,9-10,13-15H,7-8,11-12H2,1H3,(H2,28,29,31). The van der Waals surface area contributed by atoms with Gasteiger partial charge in [0, 0.05) is 43.7 Å². The largest absolute Gasteiger partial charge is 0.495 e. The van der Waals surface area contributed by atoms with Crippen LogP contribution in [0.15, 0.2) is 55.0 Å². The highest BCUT2D eigenvalue weighted by atomic mass is 35.5. The van der Waals surface area contributed by atoms with E-state index in [1.165, 1.54) is 0 Å². The Balaban J connectivity index is 1.36. The van der Waals surface area contributed by atoms with Gasteiger partial charge in [0.2, 0.25) is 0 Å². The number of hydrogen-bond donors (Lipinski definition) is 2. The summed E-state index contributed by atoms with van der Waals surface area (Å²) in [6.07, 6.45) is 6.45. The maximum absolute atomic E-state index is 12.2. The minimum Gasteiger partial charge on any atom is -0.495 e. The van der Waals surface area contributed by atoms with Gasteiger partial charge in [-0.2, -0.15) is 0 Å². The van der Waals surface area contributed by atoms with Crippen molar-refractivity contribution in [1.29, 1.82) is 0 Å². The Bertz CT molecular complexity index is 1110. The average Bonchev–Trinajstić information content (AvgIpc) is 2.83. The maximum Gasteiger partial charge on any atom is 0.319 e. The van der Waals surface area contributed by atoms with Gasteiger partial charge in [0.15, 0.2) is 11.6 Å². The highest BCUT2D eigenvalue weighted by molar-refractivity contribution is 6.34. The fourth-order valence-electron chi connectivity index (χ4n) is 3.57. The number of amides is 2. The Kier molecular flexibility index (Phi) is 7.36. The van der Waals surface area contributed by atoms with Crippen molar-refractivity contribution < 1.29 is 14.3 Å². The first-order valence-corrected chi connectivity index (χ1v) is 11.2. The van der Waals surface area contributed by atoms with Crippen molar-refractivity contribution in [2.45, 2.75) is 18.9 Å². The average molecular weight is 488 g/mol. The summed E-state index contributed by atoms with van der Waals surface area (Å²) < 4.78 is 11.2. The highest BCUT2D eigenvalue weighted by Crippen LogP contribution is 2.38. The zero-order chi connectivity index (χ0) is 23.2. The monoisotopic (exact) mass is 487 g/mol. The number of carbonyl (C=O) groups excluding carboxylic acids is 1. The molecule has 1 aromatic carbocycles. The van der Waals surface area contributed by atoms with Crippen molar-refractivity contribution >= 4 is 40.7 Å². The SMILES string of the molecule is COc1cc(Oc2ccnc(N3CCC(NC(=O)Nc4cccnc4)CC3)c2Cl)ccc1Cl. The zero-order valence-electron chi connectivity index (χ0n) is 17.9. The van der Waals surface area contributed by atoms with Crippen LogP contribution in [0.3, 0.4) is 0 Å². The van der Waals surface area contributed by atoms with Gasteiger partial charge in [-0.3, -0.25) is 4.98 Å². The molecule has 172 valence electrons. The van der Waals surface area contributed by atoms with Crippen molar-refractivity contribution in [2.75, 3.05) is 30.4 Å². The van der Waals surface area contributed by atoms with E-state index < -0.39 is 0 Å². The van der Waals surface area contributed by atoms with Crippen LogP contribution in [-0.4, -0.2) is 42.2 Å². The molecule has 0 saturated carbocycles. The predicted octanol–water partition coefficient (Wildman–Crippen LogP) is 5.37. The lowest BCUT2D eigenvalue weighted by atomic mass is 10.1. The minimum atomic E-state index is -0.244. The maximum atomic E-state index is 12.2. The molecule has 10 heteroatoms. The summed E-state index contributed by atoms with van der Waals surface area (Å²) >= 11 is 12.7. The molecule has 1 aliphatic rings. The number of aromatic nitrogens is 2. The summed E-state index contributed by atoms with van der Waals surface area (Å²) in [5, 5.41) is 6.72. The molecule has 33 heavy (non-hydrogen) atoms. The smallest absolute Gasteiger partial charge is 0.319 e. The second kappa shape index (κ2) is 10.6. The first-order chi connectivity index (χ1) is 16.0. The van der Waals surface area contributed by atoms with E-state index in [2.05, 4.69) is 25.5 Å². The molecule has 2 amide bonds. The molecule has 1 saturated heterocycles. The normalized spacial score (nSPS) is 14.0. The quantitative estimate of drug-likeness (QED) is 0.485. The molecule has 3 heterocycles. The third-order valence-electron chi connectivity index (χ3n) is 5.23. The molecule has 0 bridgehead atoms. The van der Waals surface area contributed by atoms with Gasteiger partial charge in [0.25, 0.3) is 0 Å². The number of ether oxygens (including phenoxy) is 2. The number of benzene rings is 1. The van der Waals surface area contributed by atoms with E-state index in [4.69, 9.17) is 32.7 Å². The van der Waals surface area contributed by atoms with Crippen molar-refractivity contribution in [3.8, 4) is 17.2 Å². The van der Waals surface area contributed by atoms with Crippen LogP contribution in [0.2, 0.25) is 10.0 Å². The number of nitrogens with zero attached hydrogens (tertiary/aromatic N) is 3. The molecule has 2 aromatic heterocycles. The summed E-state index contributed by atoms with van der Waals surface area (Å²) in [5.74, 6) is 2.20. The van der Waals surface area contributed by atoms with Crippen molar-refractivity contribution in [2.24, 2.45) is 0 Å². The molecule has 2 N–H and O–H groups in total. The van der Waals surface area contributed by atoms with Gasteiger partial charge in [0.1, 0.15) is 16.5 Å². The molecule has 4 rings (SSSR count). The number of hydrogen-bond acceptors (Lipinski definition) is 6. The Labute approximate surface area is 201 Å². The van der Waals surface area contributed by atoms with E-state index in [9.17, 15) is 4.79 Å². The van der Waals surface area contributed by atoms with Crippen LogP contribution in [-0.2, 0) is 0 Å². The molecule has 8 nitrogen and oxygen atoms in total. The Morgan fingerprint density at radius 3 is 2.67 bits per heavy atom. The molecule has 0 aliphatic carbocycles. The Morgan fingerprint density at radius 2 is 1.94 bits per heavy atom. The van der Waals surface area contributed by atoms with Gasteiger partial charge in [-0.25, -0.2) is 9.78 Å².